The largest absolute Gasteiger partial charge is 0.277 e. The van der Waals surface area contributed by atoms with E-state index in [0.717, 1.165) is 33.0 Å². The summed E-state index contributed by atoms with van der Waals surface area (Å²) in [6.07, 6.45) is 0. The van der Waals surface area contributed by atoms with Gasteiger partial charge in [-0.3, -0.25) is 18.9 Å². The summed E-state index contributed by atoms with van der Waals surface area (Å²) in [4.78, 5) is 20.4. The van der Waals surface area contributed by atoms with Crippen molar-refractivity contribution in [2.75, 3.05) is 18.9 Å². The molecule has 0 saturated heterocycles. The van der Waals surface area contributed by atoms with Crippen LogP contribution in [0.25, 0.3) is 76.5 Å². The molecule has 10 aromatic carbocycles. The van der Waals surface area contributed by atoms with E-state index in [1.54, 1.807) is 48.5 Å². The Balaban J connectivity index is 1.07. The Bertz CT molecular complexity index is 4280. The van der Waals surface area contributed by atoms with Crippen LogP contribution in [0.1, 0.15) is 22.3 Å². The number of anilines is 4. The second kappa shape index (κ2) is 17.5. The molecule has 2 heterocycles. The van der Waals surface area contributed by atoms with Crippen LogP contribution in [0.5, 0.6) is 0 Å². The summed E-state index contributed by atoms with van der Waals surface area (Å²) in [5.41, 5.74) is 5.92. The first-order chi connectivity index (χ1) is 36.2. The third-order valence-electron chi connectivity index (χ3n) is 13.3. The van der Waals surface area contributed by atoms with E-state index in [9.17, 15) is 33.7 Å². The van der Waals surface area contributed by atoms with E-state index in [4.69, 9.17) is 19.9 Å². The van der Waals surface area contributed by atoms with Crippen molar-refractivity contribution in [2.45, 2.75) is 47.3 Å². The molecule has 0 atom stereocenters. The first kappa shape index (κ1) is 48.4. The van der Waals surface area contributed by atoms with Crippen molar-refractivity contribution in [1.82, 2.24) is 19.9 Å². The first-order valence-corrected chi connectivity index (χ1v) is 29.5. The Morgan fingerprint density at radius 1 is 0.289 bits per heavy atom. The molecule has 0 fully saturated rings. The molecule has 12 rings (SSSR count). The molecule has 0 spiro atoms. The van der Waals surface area contributed by atoms with Gasteiger partial charge in [0.1, 0.15) is 0 Å². The van der Waals surface area contributed by atoms with E-state index in [-0.39, 0.29) is 64.4 Å². The standard InChI is InChI=1S/C56H42N8O8S4/c1-31-11-19-35(20-12-31)73(65,66)61-47-27-43-44(28-48(47)62-74(67,68)36-21-13-32(2)14-22-36)58-54-40-8-6-10-42-52(40)51-39(53(54)57-43)7-5-9-41(51)55-56(42)60-46-30-50(64-76(71,72)38-25-17-34(4)18-26-38)49(29-45(46)59-55)63-75(69,70)37-23-15-33(3)16-24-37/h5-30,61-64H,1-4H3. The normalized spacial score (nSPS) is 12.6. The Labute approximate surface area is 436 Å². The van der Waals surface area contributed by atoms with E-state index >= 15 is 0 Å². The van der Waals surface area contributed by atoms with Crippen molar-refractivity contribution in [3.05, 3.63) is 180 Å². The van der Waals surface area contributed by atoms with Gasteiger partial charge in [-0.25, -0.2) is 53.6 Å². The predicted molar refractivity (Wildman–Crippen MR) is 299 cm³/mol. The maximum absolute atomic E-state index is 14.0. The van der Waals surface area contributed by atoms with Gasteiger partial charge >= 0.3 is 0 Å². The highest BCUT2D eigenvalue weighted by molar-refractivity contribution is 7.94. The van der Waals surface area contributed by atoms with Gasteiger partial charge in [-0.05, 0) is 100 Å². The quantitative estimate of drug-likeness (QED) is 0.0660. The molecule has 4 N–H and O–H groups in total. The van der Waals surface area contributed by atoms with Crippen molar-refractivity contribution >= 4 is 139 Å². The molecule has 76 heavy (non-hydrogen) atoms. The Morgan fingerprint density at radius 3 is 0.684 bits per heavy atom. The molecule has 20 heteroatoms. The summed E-state index contributed by atoms with van der Waals surface area (Å²) < 4.78 is 122. The number of benzene rings is 10. The second-order valence-electron chi connectivity index (χ2n) is 18.7. The molecule has 16 nitrogen and oxygen atoms in total. The van der Waals surface area contributed by atoms with Crippen LogP contribution in [-0.2, 0) is 40.1 Å². The van der Waals surface area contributed by atoms with Crippen LogP contribution in [0.2, 0.25) is 0 Å². The number of nitrogens with one attached hydrogen (secondary N) is 4. The third kappa shape index (κ3) is 8.44. The molecule has 0 aliphatic carbocycles. The Morgan fingerprint density at radius 2 is 0.487 bits per heavy atom. The zero-order valence-corrected chi connectivity index (χ0v) is 44.0. The molecular formula is C56H42N8O8S4. The molecule has 2 aromatic heterocycles. The minimum atomic E-state index is -4.26. The summed E-state index contributed by atoms with van der Waals surface area (Å²) in [7, 11) is -17.0. The van der Waals surface area contributed by atoms with Crippen LogP contribution in [0, 0.1) is 27.7 Å². The molecular weight excluding hydrogens is 1040 g/mol. The van der Waals surface area contributed by atoms with Gasteiger partial charge in [0.05, 0.1) is 86.5 Å². The fourth-order valence-electron chi connectivity index (χ4n) is 9.41. The van der Waals surface area contributed by atoms with Gasteiger partial charge in [0.2, 0.25) is 0 Å². The van der Waals surface area contributed by atoms with E-state index < -0.39 is 40.1 Å². The number of hydrogen-bond acceptors (Lipinski definition) is 12. The molecule has 0 aliphatic rings. The van der Waals surface area contributed by atoms with Gasteiger partial charge < -0.3 is 0 Å². The fourth-order valence-corrected chi connectivity index (χ4v) is 13.7. The lowest BCUT2D eigenvalue weighted by Crippen LogP contribution is -2.18. The summed E-state index contributed by atoms with van der Waals surface area (Å²) in [5.74, 6) is 0. The number of nitrogens with zero attached hydrogens (tertiary/aromatic N) is 4. The van der Waals surface area contributed by atoms with Gasteiger partial charge in [-0.15, -0.1) is 0 Å². The molecule has 0 amide bonds. The number of aryl methyl sites for hydroxylation is 4. The fraction of sp³-hybridized carbons (Fsp3) is 0.0714. The molecule has 0 unspecified atom stereocenters. The zero-order valence-electron chi connectivity index (χ0n) is 40.7. The summed E-state index contributed by atoms with van der Waals surface area (Å²) in [5, 5.41) is 4.22. The van der Waals surface area contributed by atoms with E-state index in [1.807, 2.05) is 64.1 Å². The van der Waals surface area contributed by atoms with Crippen molar-refractivity contribution < 1.29 is 33.7 Å². The first-order valence-electron chi connectivity index (χ1n) is 23.6. The number of fused-ring (bicyclic) bond motifs is 8. The van der Waals surface area contributed by atoms with Gasteiger partial charge in [0, 0.05) is 32.3 Å². The van der Waals surface area contributed by atoms with Crippen LogP contribution in [0.3, 0.4) is 0 Å². The predicted octanol–water partition coefficient (Wildman–Crippen LogP) is 11.2. The minimum absolute atomic E-state index is 0.0375. The molecule has 378 valence electrons. The maximum atomic E-state index is 14.0. The topological polar surface area (TPSA) is 236 Å². The van der Waals surface area contributed by atoms with Gasteiger partial charge in [0.25, 0.3) is 40.1 Å². The zero-order chi connectivity index (χ0) is 53.1. The Hall–Kier alpha value is -8.56. The lowest BCUT2D eigenvalue weighted by molar-refractivity contribution is 0.599. The SMILES string of the molecule is Cc1ccc(S(=O)(=O)Nc2cc3nc4c5cccc6c7nc8cc(NS(=O)(=O)c9ccc(C)cc9)c(NS(=O)(=O)c9ccc(C)cc9)cc8nc7c7cccc(c4nc3cc2NS(=O)(=O)c2ccc(C)cc2)c7c56)cc1. The highest BCUT2D eigenvalue weighted by atomic mass is 32.2. The number of rotatable bonds is 12. The van der Waals surface area contributed by atoms with Crippen molar-refractivity contribution in [2.24, 2.45) is 0 Å². The van der Waals surface area contributed by atoms with Crippen LogP contribution in [0.15, 0.2) is 177 Å². The molecule has 12 aromatic rings. The van der Waals surface area contributed by atoms with Crippen molar-refractivity contribution in [3.8, 4) is 0 Å². The van der Waals surface area contributed by atoms with Gasteiger partial charge in [0.15, 0.2) is 0 Å². The number of aromatic nitrogens is 4. The number of sulfonamides is 4. The lowest BCUT2D eigenvalue weighted by Gasteiger charge is -2.19. The van der Waals surface area contributed by atoms with Crippen LogP contribution in [0.4, 0.5) is 22.7 Å². The maximum Gasteiger partial charge on any atom is 0.261 e. The van der Waals surface area contributed by atoms with Gasteiger partial charge in [-0.1, -0.05) is 107 Å². The lowest BCUT2D eigenvalue weighted by atomic mass is 9.91. The third-order valence-corrected chi connectivity index (χ3v) is 18.8. The summed E-state index contributed by atoms with van der Waals surface area (Å²) >= 11 is 0. The number of hydrogen-bond donors (Lipinski definition) is 4. The van der Waals surface area contributed by atoms with Crippen molar-refractivity contribution in [1.29, 1.82) is 0 Å². The monoisotopic (exact) mass is 1080 g/mol. The van der Waals surface area contributed by atoms with E-state index in [2.05, 4.69) is 18.9 Å². The Kier molecular flexibility index (Phi) is 11.2. The minimum Gasteiger partial charge on any atom is -0.277 e. The second-order valence-corrected chi connectivity index (χ2v) is 25.5. The van der Waals surface area contributed by atoms with Crippen LogP contribution >= 0.6 is 0 Å². The van der Waals surface area contributed by atoms with Crippen molar-refractivity contribution in [3.63, 3.8) is 0 Å². The summed E-state index contributed by atoms with van der Waals surface area (Å²) in [6, 6.07) is 42.1. The molecule has 0 aliphatic heterocycles. The van der Waals surface area contributed by atoms with Crippen LogP contribution in [-0.4, -0.2) is 53.6 Å². The highest BCUT2D eigenvalue weighted by Crippen LogP contribution is 2.45. The van der Waals surface area contributed by atoms with E-state index in [1.165, 1.54) is 72.8 Å². The molecule has 0 radical (unpaired) electrons. The average Bonchev–Trinajstić information content (AvgIpc) is 3.39. The molecule has 0 bridgehead atoms. The van der Waals surface area contributed by atoms with E-state index in [0.29, 0.717) is 43.6 Å². The smallest absolute Gasteiger partial charge is 0.261 e. The average molecular weight is 1080 g/mol. The van der Waals surface area contributed by atoms with Crippen LogP contribution < -0.4 is 18.9 Å². The molecule has 0 saturated carbocycles. The summed E-state index contributed by atoms with van der Waals surface area (Å²) in [6.45, 7) is 7.33. The highest BCUT2D eigenvalue weighted by Gasteiger charge is 2.26. The van der Waals surface area contributed by atoms with Gasteiger partial charge in [-0.2, -0.15) is 0 Å².